The highest BCUT2D eigenvalue weighted by Crippen LogP contribution is 2.33. The van der Waals surface area contributed by atoms with Crippen molar-refractivity contribution in [3.8, 4) is 0 Å². The lowest BCUT2D eigenvalue weighted by Crippen LogP contribution is -2.49. The van der Waals surface area contributed by atoms with Crippen molar-refractivity contribution in [3.05, 3.63) is 65.4 Å². The molecule has 0 N–H and O–H groups in total. The minimum absolute atomic E-state index is 0.128. The first-order valence-electron chi connectivity index (χ1n) is 10.5. The first-order valence-corrected chi connectivity index (χ1v) is 12.4. The van der Waals surface area contributed by atoms with Gasteiger partial charge in [0.25, 0.3) is 5.91 Å². The predicted molar refractivity (Wildman–Crippen MR) is 124 cm³/mol. The zero-order valence-corrected chi connectivity index (χ0v) is 18.9. The van der Waals surface area contributed by atoms with E-state index in [1.807, 2.05) is 18.2 Å². The van der Waals surface area contributed by atoms with Gasteiger partial charge in [0, 0.05) is 49.1 Å². The van der Waals surface area contributed by atoms with E-state index in [2.05, 4.69) is 24.8 Å². The smallest absolute Gasteiger partial charge is 0.254 e. The summed E-state index contributed by atoms with van der Waals surface area (Å²) >= 11 is 0. The molecule has 1 aliphatic heterocycles. The highest BCUT2D eigenvalue weighted by Gasteiger charge is 2.26. The van der Waals surface area contributed by atoms with Gasteiger partial charge in [0.2, 0.25) is 0 Å². The molecule has 0 atom stereocenters. The summed E-state index contributed by atoms with van der Waals surface area (Å²) in [6.07, 6.45) is 2.05. The molecule has 3 aromatic rings. The molecule has 1 aromatic heterocycles. The second-order valence-electron chi connectivity index (χ2n) is 7.97. The molecule has 2 heterocycles. The van der Waals surface area contributed by atoms with Gasteiger partial charge in [-0.25, -0.2) is 8.42 Å². The summed E-state index contributed by atoms with van der Waals surface area (Å²) in [5.74, 6) is -0.128. The Labute approximate surface area is 183 Å². The van der Waals surface area contributed by atoms with Gasteiger partial charge in [-0.15, -0.1) is 0 Å². The maximum atomic E-state index is 13.0. The number of amides is 1. The molecule has 0 aliphatic carbocycles. The Balaban J connectivity index is 1.58. The highest BCUT2D eigenvalue weighted by molar-refractivity contribution is 7.90. The molecule has 6 nitrogen and oxygen atoms in total. The number of nitrogens with zero attached hydrogens (tertiary/aromatic N) is 3. The van der Waals surface area contributed by atoms with Crippen LogP contribution in [0, 0.1) is 6.92 Å². The van der Waals surface area contributed by atoms with E-state index in [9.17, 15) is 13.2 Å². The Morgan fingerprint density at radius 2 is 1.74 bits per heavy atom. The molecule has 0 unspecified atom stereocenters. The first-order chi connectivity index (χ1) is 14.8. The van der Waals surface area contributed by atoms with E-state index in [-0.39, 0.29) is 10.8 Å². The molecule has 7 heteroatoms. The third-order valence-electron chi connectivity index (χ3n) is 5.92. The summed E-state index contributed by atoms with van der Waals surface area (Å²) in [6, 6.07) is 14.5. The Hall–Kier alpha value is -2.93. The average molecular weight is 438 g/mol. The summed E-state index contributed by atoms with van der Waals surface area (Å²) < 4.78 is 23.7. The third-order valence-corrected chi connectivity index (χ3v) is 7.03. The van der Waals surface area contributed by atoms with Crippen molar-refractivity contribution in [2.24, 2.45) is 0 Å². The van der Waals surface area contributed by atoms with Crippen LogP contribution >= 0.6 is 0 Å². The second kappa shape index (κ2) is 8.30. The first kappa shape index (κ1) is 21.3. The van der Waals surface area contributed by atoms with E-state index in [1.165, 1.54) is 23.4 Å². The van der Waals surface area contributed by atoms with E-state index in [0.29, 0.717) is 18.7 Å². The normalized spacial score (nSPS) is 14.8. The number of pyridine rings is 1. The molecule has 4 rings (SSSR count). The van der Waals surface area contributed by atoms with Gasteiger partial charge in [-0.05, 0) is 43.2 Å². The summed E-state index contributed by atoms with van der Waals surface area (Å²) in [5.41, 5.74) is 4.92. The monoisotopic (exact) mass is 437 g/mol. The number of sulfone groups is 1. The van der Waals surface area contributed by atoms with E-state index < -0.39 is 9.84 Å². The molecule has 31 heavy (non-hydrogen) atoms. The molecule has 1 saturated heterocycles. The highest BCUT2D eigenvalue weighted by atomic mass is 32.2. The maximum absolute atomic E-state index is 13.0. The topological polar surface area (TPSA) is 70.6 Å². The molecule has 0 bridgehead atoms. The number of carbonyl (C=O) groups excluding carboxylic acids is 1. The van der Waals surface area contributed by atoms with Gasteiger partial charge in [0.1, 0.15) is 0 Å². The van der Waals surface area contributed by atoms with Crippen LogP contribution in [-0.2, 0) is 16.3 Å². The quantitative estimate of drug-likeness (QED) is 0.625. The van der Waals surface area contributed by atoms with Gasteiger partial charge in [0.15, 0.2) is 9.84 Å². The zero-order valence-electron chi connectivity index (χ0n) is 18.1. The number of carbonyl (C=O) groups is 1. The number of fused-ring (bicyclic) bond motifs is 1. The van der Waals surface area contributed by atoms with Crippen LogP contribution in [-0.4, -0.2) is 56.6 Å². The van der Waals surface area contributed by atoms with Crippen LogP contribution in [0.5, 0.6) is 0 Å². The molecule has 0 radical (unpaired) electrons. The second-order valence-corrected chi connectivity index (χ2v) is 9.99. The van der Waals surface area contributed by atoms with Crippen molar-refractivity contribution in [1.82, 2.24) is 9.88 Å². The van der Waals surface area contributed by atoms with Crippen LogP contribution in [0.1, 0.15) is 28.5 Å². The van der Waals surface area contributed by atoms with Crippen LogP contribution in [0.25, 0.3) is 10.9 Å². The summed E-state index contributed by atoms with van der Waals surface area (Å²) in [7, 11) is -3.35. The van der Waals surface area contributed by atoms with Crippen molar-refractivity contribution in [3.63, 3.8) is 0 Å². The molecule has 1 fully saturated rings. The van der Waals surface area contributed by atoms with E-state index in [0.717, 1.165) is 42.4 Å². The van der Waals surface area contributed by atoms with E-state index >= 15 is 0 Å². The van der Waals surface area contributed by atoms with Crippen molar-refractivity contribution in [2.75, 3.05) is 37.3 Å². The third kappa shape index (κ3) is 4.14. The predicted octanol–water partition coefficient (Wildman–Crippen LogP) is 3.47. The number of anilines is 1. The van der Waals surface area contributed by atoms with Crippen LogP contribution in [0.3, 0.4) is 0 Å². The number of rotatable bonds is 4. The Morgan fingerprint density at radius 3 is 2.42 bits per heavy atom. The van der Waals surface area contributed by atoms with Gasteiger partial charge >= 0.3 is 0 Å². The number of benzene rings is 2. The molecule has 0 spiro atoms. The van der Waals surface area contributed by atoms with Crippen LogP contribution < -0.4 is 4.90 Å². The SMILES string of the molecule is CCc1c(C)nc2ccccc2c1N1CCN(C(=O)c2cccc(S(C)(=O)=O)c2)CC1. The standard InChI is InChI=1S/C24H27N3O3S/c1-4-20-17(2)25-22-11-6-5-10-21(22)23(20)26-12-14-27(15-13-26)24(28)18-8-7-9-19(16-18)31(3,29)30/h5-11,16H,4,12-15H2,1-3H3. The average Bonchev–Trinajstić information content (AvgIpc) is 2.77. The van der Waals surface area contributed by atoms with Gasteiger partial charge in [-0.1, -0.05) is 31.2 Å². The van der Waals surface area contributed by atoms with Crippen molar-refractivity contribution in [2.45, 2.75) is 25.2 Å². The summed E-state index contributed by atoms with van der Waals surface area (Å²) in [5, 5.41) is 1.14. The van der Waals surface area contributed by atoms with Crippen molar-refractivity contribution >= 4 is 32.3 Å². The van der Waals surface area contributed by atoms with Crippen LogP contribution in [0.15, 0.2) is 53.4 Å². The summed E-state index contributed by atoms with van der Waals surface area (Å²) in [4.78, 5) is 22.1. The molecule has 2 aromatic carbocycles. The van der Waals surface area contributed by atoms with Gasteiger partial charge < -0.3 is 9.80 Å². The number of para-hydroxylation sites is 1. The van der Waals surface area contributed by atoms with Gasteiger partial charge in [-0.3, -0.25) is 9.78 Å². The van der Waals surface area contributed by atoms with Gasteiger partial charge in [-0.2, -0.15) is 0 Å². The maximum Gasteiger partial charge on any atom is 0.254 e. The lowest BCUT2D eigenvalue weighted by Gasteiger charge is -2.38. The lowest BCUT2D eigenvalue weighted by atomic mass is 10.0. The van der Waals surface area contributed by atoms with Gasteiger partial charge in [0.05, 0.1) is 16.1 Å². The minimum atomic E-state index is -3.35. The molecule has 1 aliphatic rings. The molecule has 162 valence electrons. The molecular weight excluding hydrogens is 410 g/mol. The number of hydrogen-bond donors (Lipinski definition) is 0. The minimum Gasteiger partial charge on any atom is -0.367 e. The number of aromatic nitrogens is 1. The van der Waals surface area contributed by atoms with E-state index in [4.69, 9.17) is 4.98 Å². The number of piperazine rings is 1. The fraction of sp³-hybridized carbons (Fsp3) is 0.333. The van der Waals surface area contributed by atoms with Crippen molar-refractivity contribution in [1.29, 1.82) is 0 Å². The van der Waals surface area contributed by atoms with Crippen LogP contribution in [0.2, 0.25) is 0 Å². The largest absolute Gasteiger partial charge is 0.367 e. The Morgan fingerprint density at radius 1 is 1.03 bits per heavy atom. The Kier molecular flexibility index (Phi) is 5.71. The van der Waals surface area contributed by atoms with E-state index in [1.54, 1.807) is 17.0 Å². The fourth-order valence-corrected chi connectivity index (χ4v) is 4.98. The lowest BCUT2D eigenvalue weighted by molar-refractivity contribution is 0.0746. The molecule has 1 amide bonds. The van der Waals surface area contributed by atoms with Crippen LogP contribution in [0.4, 0.5) is 5.69 Å². The molecule has 0 saturated carbocycles. The number of hydrogen-bond acceptors (Lipinski definition) is 5. The zero-order chi connectivity index (χ0) is 22.2. The fourth-order valence-electron chi connectivity index (χ4n) is 4.31. The summed E-state index contributed by atoms with van der Waals surface area (Å²) in [6.45, 7) is 6.82. The number of aryl methyl sites for hydroxylation is 1. The molecular formula is C24H27N3O3S. The van der Waals surface area contributed by atoms with Crippen molar-refractivity contribution < 1.29 is 13.2 Å². The Bertz CT molecular complexity index is 1250.